The predicted octanol–water partition coefficient (Wildman–Crippen LogP) is 2.08. The molecule has 0 spiro atoms. The molecule has 10 nitrogen and oxygen atoms in total. The van der Waals surface area contributed by atoms with Gasteiger partial charge in [-0.1, -0.05) is 17.4 Å². The van der Waals surface area contributed by atoms with Gasteiger partial charge in [-0.15, -0.1) is 6.58 Å². The molecular weight excluding hydrogens is 446 g/mol. The first-order valence-corrected chi connectivity index (χ1v) is 11.1. The number of aromatic nitrogens is 3. The number of esters is 1. The van der Waals surface area contributed by atoms with Gasteiger partial charge in [0.1, 0.15) is 11.2 Å². The Morgan fingerprint density at radius 3 is 2.42 bits per heavy atom. The first-order chi connectivity index (χ1) is 15.8. The average molecular weight is 472 g/mol. The van der Waals surface area contributed by atoms with Crippen LogP contribution < -0.4 is 21.5 Å². The molecule has 1 N–H and O–H groups in total. The van der Waals surface area contributed by atoms with Crippen LogP contribution in [0.2, 0.25) is 0 Å². The fourth-order valence-electron chi connectivity index (χ4n) is 3.28. The summed E-state index contributed by atoms with van der Waals surface area (Å²) in [6.07, 6.45) is 1.45. The smallest absolute Gasteiger partial charge is 0.337 e. The number of methoxy groups -OCH3 is 1. The van der Waals surface area contributed by atoms with E-state index in [9.17, 15) is 19.2 Å². The van der Waals surface area contributed by atoms with Crippen LogP contribution in [-0.4, -0.2) is 46.2 Å². The van der Waals surface area contributed by atoms with Crippen molar-refractivity contribution in [2.45, 2.75) is 26.9 Å². The van der Waals surface area contributed by atoms with Gasteiger partial charge in [0.05, 0.1) is 12.7 Å². The molecule has 11 heteroatoms. The van der Waals surface area contributed by atoms with Crippen molar-refractivity contribution in [3.05, 3.63) is 63.3 Å². The molecule has 0 aliphatic carbocycles. The molecule has 1 aromatic carbocycles. The Morgan fingerprint density at radius 1 is 1.18 bits per heavy atom. The third kappa shape index (κ3) is 4.87. The Balaban J connectivity index is 1.99. The zero-order chi connectivity index (χ0) is 24.1. The van der Waals surface area contributed by atoms with E-state index in [2.05, 4.69) is 21.6 Å². The third-order valence-corrected chi connectivity index (χ3v) is 6.09. The molecule has 3 aromatic rings. The van der Waals surface area contributed by atoms with E-state index in [0.717, 1.165) is 4.57 Å². The van der Waals surface area contributed by atoms with Crippen molar-refractivity contribution >= 4 is 44.4 Å². The molecule has 33 heavy (non-hydrogen) atoms. The van der Waals surface area contributed by atoms with Crippen LogP contribution in [0.25, 0.3) is 10.3 Å². The number of carbonyl (C=O) groups is 2. The van der Waals surface area contributed by atoms with Crippen LogP contribution in [0.3, 0.4) is 0 Å². The highest BCUT2D eigenvalue weighted by Crippen LogP contribution is 2.25. The van der Waals surface area contributed by atoms with E-state index in [0.29, 0.717) is 34.2 Å². The normalized spacial score (nSPS) is 10.8. The predicted molar refractivity (Wildman–Crippen MR) is 128 cm³/mol. The zero-order valence-electron chi connectivity index (χ0n) is 18.7. The first-order valence-electron chi connectivity index (χ1n) is 10.3. The second-order valence-corrected chi connectivity index (χ2v) is 7.99. The number of allylic oxidation sites excluding steroid dienone is 1. The summed E-state index contributed by atoms with van der Waals surface area (Å²) in [4.78, 5) is 56.8. The maximum Gasteiger partial charge on any atom is 0.337 e. The lowest BCUT2D eigenvalue weighted by Gasteiger charge is -2.16. The minimum absolute atomic E-state index is 0.0166. The molecule has 0 atom stereocenters. The monoisotopic (exact) mass is 471 g/mol. The van der Waals surface area contributed by atoms with Crippen LogP contribution in [0.5, 0.6) is 0 Å². The maximum atomic E-state index is 13.1. The highest BCUT2D eigenvalue weighted by atomic mass is 32.1. The lowest BCUT2D eigenvalue weighted by atomic mass is 10.2. The molecule has 2 heterocycles. The molecule has 0 fully saturated rings. The van der Waals surface area contributed by atoms with Crippen LogP contribution in [0.4, 0.5) is 10.8 Å². The Hall–Kier alpha value is -3.73. The topological polar surface area (TPSA) is 116 Å². The van der Waals surface area contributed by atoms with E-state index in [1.54, 1.807) is 12.1 Å². The van der Waals surface area contributed by atoms with E-state index in [-0.39, 0.29) is 18.7 Å². The summed E-state index contributed by atoms with van der Waals surface area (Å²) in [7, 11) is 1.28. The quantitative estimate of drug-likeness (QED) is 0.375. The van der Waals surface area contributed by atoms with Crippen LogP contribution in [0, 0.1) is 0 Å². The van der Waals surface area contributed by atoms with Gasteiger partial charge in [-0.2, -0.15) is 0 Å². The fraction of sp³-hybridized carbons (Fsp3) is 0.318. The highest BCUT2D eigenvalue weighted by Gasteiger charge is 2.21. The number of amides is 1. The Bertz CT molecular complexity index is 1300. The van der Waals surface area contributed by atoms with E-state index in [1.165, 1.54) is 41.2 Å². The van der Waals surface area contributed by atoms with Crippen molar-refractivity contribution in [1.82, 2.24) is 14.1 Å². The maximum absolute atomic E-state index is 13.1. The summed E-state index contributed by atoms with van der Waals surface area (Å²) in [5.41, 5.74) is -0.135. The van der Waals surface area contributed by atoms with Crippen molar-refractivity contribution in [2.24, 2.45) is 0 Å². The Morgan fingerprint density at radius 2 is 1.85 bits per heavy atom. The van der Waals surface area contributed by atoms with Crippen LogP contribution in [0.15, 0.2) is 46.5 Å². The second kappa shape index (κ2) is 10.3. The average Bonchev–Trinajstić information content (AvgIpc) is 3.25. The minimum atomic E-state index is -0.639. The lowest BCUT2D eigenvalue weighted by Crippen LogP contribution is -2.41. The van der Waals surface area contributed by atoms with Crippen molar-refractivity contribution in [3.63, 3.8) is 0 Å². The van der Waals surface area contributed by atoms with Crippen LogP contribution in [-0.2, 0) is 22.6 Å². The highest BCUT2D eigenvalue weighted by molar-refractivity contribution is 7.22. The van der Waals surface area contributed by atoms with E-state index >= 15 is 0 Å². The first kappa shape index (κ1) is 23.9. The molecule has 3 rings (SSSR count). The molecule has 0 saturated carbocycles. The zero-order valence-corrected chi connectivity index (χ0v) is 19.5. The van der Waals surface area contributed by atoms with Gasteiger partial charge in [-0.3, -0.25) is 18.7 Å². The lowest BCUT2D eigenvalue weighted by molar-refractivity contribution is -0.116. The number of thiazole rings is 1. The number of fused-ring (bicyclic) bond motifs is 1. The van der Waals surface area contributed by atoms with E-state index in [1.807, 2.05) is 18.7 Å². The molecule has 0 saturated heterocycles. The molecule has 0 unspecified atom stereocenters. The van der Waals surface area contributed by atoms with Gasteiger partial charge in [0.2, 0.25) is 5.91 Å². The molecule has 2 aromatic heterocycles. The van der Waals surface area contributed by atoms with Gasteiger partial charge in [-0.25, -0.2) is 14.6 Å². The number of nitrogens with zero attached hydrogens (tertiary/aromatic N) is 4. The molecule has 0 aliphatic rings. The van der Waals surface area contributed by atoms with Gasteiger partial charge in [-0.05, 0) is 38.1 Å². The fourth-order valence-corrected chi connectivity index (χ4v) is 4.43. The summed E-state index contributed by atoms with van der Waals surface area (Å²) in [5, 5.41) is 3.30. The molecule has 1 amide bonds. The summed E-state index contributed by atoms with van der Waals surface area (Å²) < 4.78 is 7.19. The van der Waals surface area contributed by atoms with Gasteiger partial charge in [0.25, 0.3) is 5.56 Å². The van der Waals surface area contributed by atoms with E-state index in [4.69, 9.17) is 0 Å². The van der Waals surface area contributed by atoms with Crippen LogP contribution in [0.1, 0.15) is 24.2 Å². The van der Waals surface area contributed by atoms with Crippen molar-refractivity contribution in [1.29, 1.82) is 0 Å². The third-order valence-electron chi connectivity index (χ3n) is 4.99. The standard InChI is InChI=1S/C22H25N5O5S/c1-5-12-26-19(29)17-18(24-21(33-17)25(6-2)7-3)27(22(26)31)13-16(28)23-15-10-8-14(9-11-15)20(30)32-4/h5,8-11H,1,6-7,12-13H2,2-4H3,(H,23,28). The molecule has 0 radical (unpaired) electrons. The van der Waals surface area contributed by atoms with Crippen molar-refractivity contribution < 1.29 is 14.3 Å². The minimum Gasteiger partial charge on any atom is -0.465 e. The molecular formula is C22H25N5O5S. The summed E-state index contributed by atoms with van der Waals surface area (Å²) in [6, 6.07) is 6.16. The van der Waals surface area contributed by atoms with Gasteiger partial charge >= 0.3 is 11.7 Å². The van der Waals surface area contributed by atoms with E-state index < -0.39 is 23.1 Å². The van der Waals surface area contributed by atoms with Crippen molar-refractivity contribution in [2.75, 3.05) is 30.4 Å². The number of hydrogen-bond donors (Lipinski definition) is 1. The Labute approximate surface area is 193 Å². The SMILES string of the molecule is C=CCn1c(=O)c2sc(N(CC)CC)nc2n(CC(=O)Nc2ccc(C(=O)OC)cc2)c1=O. The summed E-state index contributed by atoms with van der Waals surface area (Å²) >= 11 is 1.19. The summed E-state index contributed by atoms with van der Waals surface area (Å²) in [5.74, 6) is -0.968. The largest absolute Gasteiger partial charge is 0.465 e. The number of rotatable bonds is 9. The number of hydrogen-bond acceptors (Lipinski definition) is 8. The number of benzene rings is 1. The van der Waals surface area contributed by atoms with Gasteiger partial charge < -0.3 is 15.0 Å². The number of nitrogens with one attached hydrogen (secondary N) is 1. The molecule has 0 bridgehead atoms. The molecule has 0 aliphatic heterocycles. The van der Waals surface area contributed by atoms with Crippen molar-refractivity contribution in [3.8, 4) is 0 Å². The summed E-state index contributed by atoms with van der Waals surface area (Å²) in [6.45, 7) is 8.59. The van der Waals surface area contributed by atoms with Gasteiger partial charge in [0.15, 0.2) is 10.8 Å². The Kier molecular flexibility index (Phi) is 7.44. The number of carbonyl (C=O) groups excluding carboxylic acids is 2. The molecule has 174 valence electrons. The van der Waals surface area contributed by atoms with Gasteiger partial charge in [0, 0.05) is 25.3 Å². The second-order valence-electron chi connectivity index (χ2n) is 7.01. The van der Waals surface area contributed by atoms with Crippen LogP contribution >= 0.6 is 11.3 Å². The number of ether oxygens (including phenoxy) is 1. The number of anilines is 2.